The Kier molecular flexibility index (Phi) is 19.6. The molecule has 0 aliphatic carbocycles. The molecule has 1 unspecified atom stereocenters. The highest BCUT2D eigenvalue weighted by molar-refractivity contribution is 6.77. The first-order valence-electron chi connectivity index (χ1n) is 20.7. The Morgan fingerprint density at radius 2 is 1.40 bits per heavy atom. The lowest BCUT2D eigenvalue weighted by atomic mass is 9.65. The van der Waals surface area contributed by atoms with Gasteiger partial charge in [0.05, 0.1) is 5.56 Å². The molecule has 4 aromatic rings. The molecule has 3 N–H and O–H groups in total. The second kappa shape index (κ2) is 25.5. The van der Waals surface area contributed by atoms with Crippen LogP contribution in [-0.4, -0.2) is 69.8 Å². The van der Waals surface area contributed by atoms with E-state index in [0.717, 1.165) is 39.0 Å². The summed E-state index contributed by atoms with van der Waals surface area (Å²) in [6.45, 7) is 15.4. The van der Waals surface area contributed by atoms with Gasteiger partial charge in [-0.25, -0.2) is 0 Å². The van der Waals surface area contributed by atoms with Crippen molar-refractivity contribution in [3.63, 3.8) is 0 Å². The van der Waals surface area contributed by atoms with Crippen LogP contribution in [0.15, 0.2) is 153 Å². The normalized spacial score (nSPS) is 12.5. The average molecular weight is 829 g/mol. The fourth-order valence-electron chi connectivity index (χ4n) is 6.30. The molecule has 11 nitrogen and oxygen atoms in total. The summed E-state index contributed by atoms with van der Waals surface area (Å²) >= 11 is 0. The summed E-state index contributed by atoms with van der Waals surface area (Å²) in [4.78, 5) is 69.9. The van der Waals surface area contributed by atoms with E-state index >= 15 is 0 Å². The first-order chi connectivity index (χ1) is 30.1. The molecule has 0 fully saturated rings. The highest BCUT2D eigenvalue weighted by Gasteiger charge is 2.22. The van der Waals surface area contributed by atoms with E-state index in [1.807, 2.05) is 81.5 Å². The van der Waals surface area contributed by atoms with Crippen molar-refractivity contribution in [2.75, 3.05) is 13.1 Å². The van der Waals surface area contributed by atoms with E-state index in [2.05, 4.69) is 49.0 Å². The monoisotopic (exact) mass is 828 g/mol. The third-order valence-corrected chi connectivity index (χ3v) is 9.67. The van der Waals surface area contributed by atoms with Gasteiger partial charge < -0.3 is 20.7 Å². The smallest absolute Gasteiger partial charge is 0.253 e. The van der Waals surface area contributed by atoms with Gasteiger partial charge in [-0.3, -0.25) is 34.3 Å². The Labute approximate surface area is 366 Å². The zero-order valence-electron chi connectivity index (χ0n) is 36.1. The van der Waals surface area contributed by atoms with Crippen molar-refractivity contribution in [2.24, 2.45) is 0 Å². The number of carbonyl (C=O) groups is 4. The van der Waals surface area contributed by atoms with Crippen LogP contribution in [0.2, 0.25) is 6.32 Å². The molecule has 1 atom stereocenters. The van der Waals surface area contributed by atoms with Crippen molar-refractivity contribution < 1.29 is 19.2 Å². The third kappa shape index (κ3) is 14.9. The molecular weight excluding hydrogens is 773 g/mol. The molecule has 0 saturated carbocycles. The maximum Gasteiger partial charge on any atom is 0.253 e. The van der Waals surface area contributed by atoms with E-state index in [-0.39, 0.29) is 23.1 Å². The van der Waals surface area contributed by atoms with Crippen LogP contribution in [-0.2, 0) is 14.4 Å². The second-order valence-corrected chi connectivity index (χ2v) is 14.4. The van der Waals surface area contributed by atoms with E-state index in [4.69, 9.17) is 0 Å². The quantitative estimate of drug-likeness (QED) is 0.0291. The minimum Gasteiger partial charge on any atom is -0.354 e. The molecule has 0 saturated heterocycles. The van der Waals surface area contributed by atoms with Gasteiger partial charge in [-0.2, -0.15) is 0 Å². The zero-order chi connectivity index (χ0) is 44.7. The minimum absolute atomic E-state index is 0.114. The van der Waals surface area contributed by atoms with Crippen LogP contribution in [0, 0.1) is 0 Å². The summed E-state index contributed by atoms with van der Waals surface area (Å²) in [6, 6.07) is 8.65. The number of aromatic nitrogens is 4. The number of hydrogen-bond donors (Lipinski definition) is 3. The molecule has 4 heterocycles. The van der Waals surface area contributed by atoms with Gasteiger partial charge in [-0.1, -0.05) is 80.9 Å². The van der Waals surface area contributed by atoms with Crippen molar-refractivity contribution in [1.29, 1.82) is 0 Å². The average Bonchev–Trinajstić information content (AvgIpc) is 3.30. The van der Waals surface area contributed by atoms with Gasteiger partial charge in [0.25, 0.3) is 5.91 Å². The van der Waals surface area contributed by atoms with Crippen molar-refractivity contribution >= 4 is 41.8 Å². The molecule has 0 aromatic carbocycles. The number of allylic oxidation sites excluding steroid dienone is 11. The van der Waals surface area contributed by atoms with Crippen molar-refractivity contribution in [2.45, 2.75) is 65.7 Å². The molecule has 3 amide bonds. The van der Waals surface area contributed by atoms with E-state index in [1.54, 1.807) is 75.8 Å². The molecule has 4 rings (SSSR count). The van der Waals surface area contributed by atoms with Crippen LogP contribution in [0.4, 0.5) is 0 Å². The Morgan fingerprint density at radius 1 is 0.742 bits per heavy atom. The predicted molar refractivity (Wildman–Crippen MR) is 251 cm³/mol. The van der Waals surface area contributed by atoms with Gasteiger partial charge >= 0.3 is 0 Å². The zero-order valence-corrected chi connectivity index (χ0v) is 36.1. The largest absolute Gasteiger partial charge is 0.354 e. The number of pyridine rings is 4. The molecule has 62 heavy (non-hydrogen) atoms. The Balaban J connectivity index is 1.42. The standard InChI is InChI=1S/C50H55BN7O4/c1-7-11-17-36(9-3)40-25-41(30-53-29-40)38(16-8-2)24-37(10-4)47(59)51-20-13-12-19-46(50(62)57-23-15-22-56-48(60)35(5)6)58-49(61)45-27-44(33-55-34-45)43-26-42(31-54-32-43)39-18-14-21-52-28-39/h7-11,14,16-18,21,24-34,46H,1,5,12-13,15,19-20,22-23H2,2-4,6H3,(H,56,60)(H,57,62)(H,58,61)/b16-8+,17-11-,36-9+,37-10+,38-24+. The van der Waals surface area contributed by atoms with Gasteiger partial charge in [-0.15, -0.1) is 0 Å². The lowest BCUT2D eigenvalue weighted by Crippen LogP contribution is -2.47. The van der Waals surface area contributed by atoms with Gasteiger partial charge in [0, 0.05) is 107 Å². The van der Waals surface area contributed by atoms with E-state index in [1.165, 1.54) is 6.20 Å². The highest BCUT2D eigenvalue weighted by atomic mass is 16.2. The summed E-state index contributed by atoms with van der Waals surface area (Å²) in [6.07, 6.45) is 31.2. The van der Waals surface area contributed by atoms with Crippen LogP contribution < -0.4 is 16.0 Å². The Morgan fingerprint density at radius 3 is 2.08 bits per heavy atom. The van der Waals surface area contributed by atoms with E-state index < -0.39 is 11.9 Å². The maximum atomic E-state index is 13.7. The van der Waals surface area contributed by atoms with Crippen LogP contribution in [0.1, 0.15) is 74.9 Å². The summed E-state index contributed by atoms with van der Waals surface area (Å²) in [5, 5.41) is 8.56. The lowest BCUT2D eigenvalue weighted by Gasteiger charge is -2.19. The number of amides is 3. The molecule has 0 spiro atoms. The van der Waals surface area contributed by atoms with Crippen molar-refractivity contribution in [3.05, 3.63) is 170 Å². The molecule has 4 aromatic heterocycles. The van der Waals surface area contributed by atoms with Crippen LogP contribution >= 0.6 is 0 Å². The van der Waals surface area contributed by atoms with E-state index in [0.29, 0.717) is 61.8 Å². The van der Waals surface area contributed by atoms with Gasteiger partial charge in [0.15, 0.2) is 0 Å². The summed E-state index contributed by atoms with van der Waals surface area (Å²) in [5.74, 6) is -1.05. The fraction of sp³-hybridized carbons (Fsp3) is 0.240. The number of nitrogens with one attached hydrogen (secondary N) is 3. The van der Waals surface area contributed by atoms with Crippen molar-refractivity contribution in [3.8, 4) is 22.3 Å². The Bertz CT molecular complexity index is 2370. The Hall–Kier alpha value is -7.08. The number of nitrogens with zero attached hydrogens (tertiary/aromatic N) is 4. The van der Waals surface area contributed by atoms with E-state index in [9.17, 15) is 19.2 Å². The van der Waals surface area contributed by atoms with Crippen molar-refractivity contribution in [1.82, 2.24) is 35.9 Å². The van der Waals surface area contributed by atoms with Crippen LogP contribution in [0.5, 0.6) is 0 Å². The highest BCUT2D eigenvalue weighted by Crippen LogP contribution is 2.26. The summed E-state index contributed by atoms with van der Waals surface area (Å²) < 4.78 is 0. The van der Waals surface area contributed by atoms with Crippen LogP contribution in [0.25, 0.3) is 33.4 Å². The first kappa shape index (κ1) is 47.6. The van der Waals surface area contributed by atoms with Crippen LogP contribution in [0.3, 0.4) is 0 Å². The number of unbranched alkanes of at least 4 members (excludes halogenated alkanes) is 1. The molecule has 1 radical (unpaired) electrons. The lowest BCUT2D eigenvalue weighted by molar-refractivity contribution is -0.123. The fourth-order valence-corrected chi connectivity index (χ4v) is 6.30. The second-order valence-electron chi connectivity index (χ2n) is 14.4. The van der Waals surface area contributed by atoms with Gasteiger partial charge in [-0.05, 0) is 82.0 Å². The maximum absolute atomic E-state index is 13.7. The SMILES string of the molecule is C=C/C=C\C(=C/C)c1cncc(C(/C=C/C)=C/C(=C\C)C(=O)[B]CCCCC(NC(=O)c2cncc(-c3cncc(-c4cccnc4)c3)c2)C(=O)NCCCNC(=O)C(=C)C)c1. The predicted octanol–water partition coefficient (Wildman–Crippen LogP) is 8.47. The first-order valence-corrected chi connectivity index (χ1v) is 20.7. The molecular formula is C50H55BN7O4. The van der Waals surface area contributed by atoms with Gasteiger partial charge in [0.2, 0.25) is 19.1 Å². The number of carbonyl (C=O) groups excluding carboxylic acids is 4. The summed E-state index contributed by atoms with van der Waals surface area (Å²) in [5.41, 5.74) is 8.00. The molecule has 0 bridgehead atoms. The summed E-state index contributed by atoms with van der Waals surface area (Å²) in [7, 11) is 1.66. The van der Waals surface area contributed by atoms with Gasteiger partial charge in [0.1, 0.15) is 11.7 Å². The molecule has 0 aliphatic rings. The molecule has 12 heteroatoms. The number of rotatable bonds is 23. The molecule has 0 aliphatic heterocycles. The topological polar surface area (TPSA) is 156 Å². The molecule has 317 valence electrons. The number of hydrogen-bond acceptors (Lipinski definition) is 8. The minimum atomic E-state index is -0.862. The third-order valence-electron chi connectivity index (χ3n) is 9.67.